The van der Waals surface area contributed by atoms with Gasteiger partial charge in [0, 0.05) is 0 Å². The van der Waals surface area contributed by atoms with E-state index in [1.807, 2.05) is 0 Å². The minimum atomic E-state index is -0.707. The van der Waals surface area contributed by atoms with Crippen LogP contribution in [0.5, 0.6) is 0 Å². The van der Waals surface area contributed by atoms with Crippen LogP contribution in [0.3, 0.4) is 0 Å². The maximum absolute atomic E-state index is 13.5. The monoisotopic (exact) mass is 646 g/mol. The molecule has 206 valence electrons. The Morgan fingerprint density at radius 3 is 1.11 bits per heavy atom. The van der Waals surface area contributed by atoms with Crippen LogP contribution in [-0.2, 0) is 4.79 Å². The second-order valence-corrected chi connectivity index (χ2v) is 18.9. The van der Waals surface area contributed by atoms with Gasteiger partial charge in [-0.25, -0.2) is 0 Å². The Morgan fingerprint density at radius 1 is 0.526 bits per heavy atom. The first kappa shape index (κ1) is 30.8. The van der Waals surface area contributed by atoms with Crippen LogP contribution < -0.4 is 10.2 Å². The Kier molecular flexibility index (Phi) is 8.36. The third kappa shape index (κ3) is 6.86. The van der Waals surface area contributed by atoms with Crippen LogP contribution in [0.25, 0.3) is 0 Å². The number of rotatable bonds is 2. The summed E-state index contributed by atoms with van der Waals surface area (Å²) in [5, 5.41) is 26.6. The van der Waals surface area contributed by atoms with Gasteiger partial charge < -0.3 is 0 Å². The van der Waals surface area contributed by atoms with Crippen molar-refractivity contribution in [2.45, 2.75) is 83.1 Å². The van der Waals surface area contributed by atoms with E-state index in [2.05, 4.69) is 107 Å². The van der Waals surface area contributed by atoms with E-state index in [1.54, 1.807) is 12.2 Å². The van der Waals surface area contributed by atoms with Crippen molar-refractivity contribution in [3.05, 3.63) is 88.2 Å². The molecule has 38 heavy (non-hydrogen) atoms. The van der Waals surface area contributed by atoms with Crippen LogP contribution in [0.15, 0.2) is 88.2 Å². The van der Waals surface area contributed by atoms with Crippen LogP contribution in [-0.4, -0.2) is 35.7 Å². The van der Waals surface area contributed by atoms with Gasteiger partial charge in [0.25, 0.3) is 0 Å². The topological polar surface area (TPSA) is 63.2 Å². The molecule has 0 aromatic rings. The molecule has 0 saturated heterocycles. The van der Waals surface area contributed by atoms with E-state index < -0.39 is 17.3 Å². The summed E-state index contributed by atoms with van der Waals surface area (Å²) in [7, 11) is 0. The molecule has 0 spiro atoms. The number of hydrogen-bond acceptors (Lipinski definition) is 3. The average molecular weight is 645 g/mol. The number of carbonyl (C=O) groups is 1. The zero-order valence-electron chi connectivity index (χ0n) is 25.0. The molecule has 0 radical (unpaired) electrons. The molecule has 0 bridgehead atoms. The molecular weight excluding hydrogens is 602 g/mol. The Labute approximate surface area is 242 Å². The van der Waals surface area contributed by atoms with Crippen molar-refractivity contribution in [2.75, 3.05) is 0 Å². The van der Waals surface area contributed by atoms with Gasteiger partial charge in [-0.3, -0.25) is 0 Å². The summed E-state index contributed by atoms with van der Waals surface area (Å²) in [5.41, 5.74) is 1.49. The van der Waals surface area contributed by atoms with Crippen molar-refractivity contribution in [1.82, 2.24) is 0 Å². The van der Waals surface area contributed by atoms with Crippen molar-refractivity contribution in [3.63, 3.8) is 0 Å². The molecule has 2 aliphatic heterocycles. The molecule has 0 unspecified atom stereocenters. The van der Waals surface area contributed by atoms with E-state index in [0.717, 1.165) is 11.1 Å². The van der Waals surface area contributed by atoms with E-state index in [0.29, 0.717) is 0 Å². The number of carbonyl (C=O) groups excluding carboxylic acids is 1. The van der Waals surface area contributed by atoms with Crippen LogP contribution in [0.1, 0.15) is 83.1 Å². The molecule has 0 aromatic heterocycles. The van der Waals surface area contributed by atoms with Crippen LogP contribution in [0, 0.1) is 21.7 Å². The molecule has 0 saturated carbocycles. The summed E-state index contributed by atoms with van der Waals surface area (Å²) in [5.74, 6) is -1.89. The average Bonchev–Trinajstić information content (AvgIpc) is 2.94. The van der Waals surface area contributed by atoms with Gasteiger partial charge in [0.15, 0.2) is 0 Å². The molecule has 0 fully saturated rings. The molecule has 5 heteroatoms. The molecule has 0 N–H and O–H groups in total. The number of hydrogen-bond donors (Lipinski definition) is 0. The molecule has 0 aromatic carbocycles. The zero-order valence-corrected chi connectivity index (χ0v) is 28.4. The molecule has 3 nitrogen and oxygen atoms in total. The summed E-state index contributed by atoms with van der Waals surface area (Å²) in [6.07, 6.45) is 11.7. The van der Waals surface area contributed by atoms with E-state index in [9.17, 15) is 15.0 Å². The molecule has 1 aliphatic carbocycles. The van der Waals surface area contributed by atoms with Gasteiger partial charge >= 0.3 is 244 Å². The van der Waals surface area contributed by atoms with Crippen molar-refractivity contribution in [2.24, 2.45) is 21.7 Å². The minimum absolute atomic E-state index is 0.0214. The van der Waals surface area contributed by atoms with Crippen LogP contribution in [0.4, 0.5) is 0 Å². The Morgan fingerprint density at radius 2 is 0.816 bits per heavy atom. The third-order valence-electron chi connectivity index (χ3n) is 6.39. The maximum atomic E-state index is 13.5. The zero-order chi connectivity index (χ0) is 29.0. The van der Waals surface area contributed by atoms with Crippen LogP contribution >= 0.6 is 0 Å². The van der Waals surface area contributed by atoms with Gasteiger partial charge in [0.1, 0.15) is 0 Å². The Balaban J connectivity index is 2.14. The first-order chi connectivity index (χ1) is 17.1. The fraction of sp³-hybridized carbons (Fsp3) is 0.485. The van der Waals surface area contributed by atoms with E-state index >= 15 is 0 Å². The second kappa shape index (κ2) is 10.3. The number of ketones is 1. The first-order valence-electron chi connectivity index (χ1n) is 13.1. The molecule has 3 rings (SSSR count). The van der Waals surface area contributed by atoms with E-state index in [-0.39, 0.29) is 62.7 Å². The van der Waals surface area contributed by atoms with Crippen molar-refractivity contribution < 1.29 is 15.0 Å². The van der Waals surface area contributed by atoms with Gasteiger partial charge in [-0.1, -0.05) is 0 Å². The van der Waals surface area contributed by atoms with Gasteiger partial charge in [0.05, 0.1) is 0 Å². The molecule has 0 amide bonds. The van der Waals surface area contributed by atoms with Crippen molar-refractivity contribution >= 4 is 35.7 Å². The predicted molar refractivity (Wildman–Crippen MR) is 157 cm³/mol. The standard InChI is InChI=1S/C33H44O3Se2/c1-30(2,3)23-15-19(16-24(37-23)31(4,5)6)13-21-27(34)22(29(36)28(21)35)14-20-17-25(32(7,8)9)38-26(18-20)33(10,11)12/h13-18,34H,1-12H3,(H,35,36)/p-2. The molecule has 2 heterocycles. The fourth-order valence-corrected chi connectivity index (χ4v) is 9.08. The SMILES string of the molecule is CC(C)(C)C1=CC(=CC2=C([O-])C(C=C3C=C(C(C)(C)C)[Se]C(C(C)(C)C)=C3)=C([O-])C2=O)C=C(C(C)(C)C)[Se]1. The van der Waals surface area contributed by atoms with Crippen molar-refractivity contribution in [1.29, 1.82) is 0 Å². The summed E-state index contributed by atoms with van der Waals surface area (Å²) < 4.78 is 5.24. The summed E-state index contributed by atoms with van der Waals surface area (Å²) in [6, 6.07) is 0. The second-order valence-electron chi connectivity index (χ2n) is 14.3. The Hall–Kier alpha value is -1.77. The van der Waals surface area contributed by atoms with E-state index in [1.165, 1.54) is 17.9 Å². The van der Waals surface area contributed by atoms with Gasteiger partial charge in [-0.2, -0.15) is 0 Å². The number of Topliss-reactive ketones (excluding diaryl/α,β-unsaturated/α-hetero) is 1. The first-order valence-corrected chi connectivity index (χ1v) is 16.6. The molecule has 3 aliphatic rings. The summed E-state index contributed by atoms with van der Waals surface area (Å²) in [4.78, 5) is 13.1. The van der Waals surface area contributed by atoms with Crippen molar-refractivity contribution in [3.8, 4) is 0 Å². The Bertz CT molecular complexity index is 1230. The molecular formula is C33H42O3Se2-2. The fourth-order valence-electron chi connectivity index (χ4n) is 3.88. The summed E-state index contributed by atoms with van der Waals surface area (Å²) >= 11 is 0.382. The van der Waals surface area contributed by atoms with Gasteiger partial charge in [0.2, 0.25) is 0 Å². The molecule has 0 atom stereocenters. The third-order valence-corrected chi connectivity index (χ3v) is 14.4. The predicted octanol–water partition coefficient (Wildman–Crippen LogP) is 5.81. The normalized spacial score (nSPS) is 19.9. The summed E-state index contributed by atoms with van der Waals surface area (Å²) in [6.45, 7) is 26.3. The van der Waals surface area contributed by atoms with Gasteiger partial charge in [-0.05, 0) is 0 Å². The van der Waals surface area contributed by atoms with Gasteiger partial charge in [-0.15, -0.1) is 0 Å². The number of allylic oxidation sites excluding steroid dienone is 13. The van der Waals surface area contributed by atoms with Crippen LogP contribution in [0.2, 0.25) is 0 Å². The van der Waals surface area contributed by atoms with E-state index in [4.69, 9.17) is 0 Å². The quantitative estimate of drug-likeness (QED) is 0.357.